The summed E-state index contributed by atoms with van der Waals surface area (Å²) in [6.07, 6.45) is 5.57. The zero-order valence-corrected chi connectivity index (χ0v) is 15.4. The molecular formula is C16H21N7O2S. The van der Waals surface area contributed by atoms with Gasteiger partial charge in [0.2, 0.25) is 10.0 Å². The number of sulfonamides is 1. The van der Waals surface area contributed by atoms with Crippen molar-refractivity contribution in [3.05, 3.63) is 24.3 Å². The van der Waals surface area contributed by atoms with E-state index in [0.717, 1.165) is 36.4 Å². The zero-order valence-electron chi connectivity index (χ0n) is 14.5. The van der Waals surface area contributed by atoms with Gasteiger partial charge in [-0.25, -0.2) is 13.4 Å². The number of aromatic amines is 1. The van der Waals surface area contributed by atoms with Gasteiger partial charge in [0.1, 0.15) is 0 Å². The van der Waals surface area contributed by atoms with E-state index >= 15 is 0 Å². The highest BCUT2D eigenvalue weighted by atomic mass is 32.2. The molecule has 2 fully saturated rings. The van der Waals surface area contributed by atoms with Gasteiger partial charge in [-0.1, -0.05) is 6.92 Å². The normalized spacial score (nSPS) is 22.7. The first-order chi connectivity index (χ1) is 12.6. The van der Waals surface area contributed by atoms with Crippen molar-refractivity contribution in [1.29, 1.82) is 0 Å². The van der Waals surface area contributed by atoms with E-state index in [-0.39, 0.29) is 11.8 Å². The molecule has 1 atom stereocenters. The minimum Gasteiger partial charge on any atom is -0.345 e. The van der Waals surface area contributed by atoms with E-state index in [1.54, 1.807) is 10.5 Å². The number of likely N-dealkylation sites (N-methyl/N-ethyl adjacent to an activating group) is 1. The summed E-state index contributed by atoms with van der Waals surface area (Å²) in [5.41, 5.74) is 2.33. The highest BCUT2D eigenvalue weighted by Crippen LogP contribution is 2.34. The van der Waals surface area contributed by atoms with Crippen molar-refractivity contribution in [2.24, 2.45) is 5.92 Å². The predicted octanol–water partition coefficient (Wildman–Crippen LogP) is 0.981. The fourth-order valence-electron chi connectivity index (χ4n) is 3.74. The largest absolute Gasteiger partial charge is 0.345 e. The second kappa shape index (κ2) is 5.73. The van der Waals surface area contributed by atoms with Gasteiger partial charge in [0, 0.05) is 12.7 Å². The molecular weight excluding hydrogens is 354 g/mol. The lowest BCUT2D eigenvalue weighted by Gasteiger charge is -2.19. The van der Waals surface area contributed by atoms with Crippen molar-refractivity contribution >= 4 is 26.8 Å². The molecule has 9 nitrogen and oxygen atoms in total. The zero-order chi connectivity index (χ0) is 17.9. The number of hydrogen-bond acceptors (Lipinski definition) is 6. The molecule has 10 heteroatoms. The first-order valence-electron chi connectivity index (χ1n) is 8.96. The Morgan fingerprint density at radius 3 is 2.92 bits per heavy atom. The minimum atomic E-state index is -3.23. The van der Waals surface area contributed by atoms with Gasteiger partial charge in [0.15, 0.2) is 17.1 Å². The molecule has 2 aliphatic rings. The van der Waals surface area contributed by atoms with Crippen LogP contribution in [0.4, 0.5) is 0 Å². The van der Waals surface area contributed by atoms with Gasteiger partial charge < -0.3 is 4.98 Å². The summed E-state index contributed by atoms with van der Waals surface area (Å²) in [6.45, 7) is 3.61. The Kier molecular flexibility index (Phi) is 3.56. The Bertz CT molecular complexity index is 1070. The van der Waals surface area contributed by atoms with Gasteiger partial charge in [-0.15, -0.1) is 10.2 Å². The number of hydrogen-bond donors (Lipinski definition) is 1. The number of fused-ring (bicyclic) bond motifs is 3. The molecule has 0 amide bonds. The van der Waals surface area contributed by atoms with Gasteiger partial charge >= 0.3 is 0 Å². The molecule has 26 heavy (non-hydrogen) atoms. The van der Waals surface area contributed by atoms with E-state index in [4.69, 9.17) is 0 Å². The van der Waals surface area contributed by atoms with E-state index in [9.17, 15) is 8.42 Å². The molecule has 1 aliphatic carbocycles. The molecule has 0 unspecified atom stereocenters. The Balaban J connectivity index is 1.54. The lowest BCUT2D eigenvalue weighted by molar-refractivity contribution is 0.255. The standard InChI is InChI=1S/C16H21N7O2S/c1-2-21-10-22(26(24,25)9-11-3-4-11)8-13(21)16-20-19-14-7-18-15-12(23(14)16)5-6-17-15/h5-7,11,13,17H,2-4,8-10H2,1H3/t13-/m1/s1. The van der Waals surface area contributed by atoms with Crippen LogP contribution >= 0.6 is 0 Å². The Morgan fingerprint density at radius 2 is 2.15 bits per heavy atom. The summed E-state index contributed by atoms with van der Waals surface area (Å²) >= 11 is 0. The topological polar surface area (TPSA) is 99.5 Å². The maximum Gasteiger partial charge on any atom is 0.215 e. The van der Waals surface area contributed by atoms with Crippen LogP contribution in [0.2, 0.25) is 0 Å². The van der Waals surface area contributed by atoms with E-state index in [1.165, 1.54) is 0 Å². The van der Waals surface area contributed by atoms with Gasteiger partial charge in [-0.3, -0.25) is 9.30 Å². The molecule has 0 spiro atoms. The summed E-state index contributed by atoms with van der Waals surface area (Å²) in [5.74, 6) is 1.37. The number of H-pyrrole nitrogens is 1. The van der Waals surface area contributed by atoms with E-state index in [0.29, 0.717) is 24.8 Å². The smallest absolute Gasteiger partial charge is 0.215 e. The maximum absolute atomic E-state index is 12.7. The summed E-state index contributed by atoms with van der Waals surface area (Å²) < 4.78 is 29.1. The summed E-state index contributed by atoms with van der Waals surface area (Å²) in [5, 5.41) is 8.64. The second-order valence-corrected chi connectivity index (χ2v) is 9.15. The molecule has 1 aliphatic heterocycles. The second-order valence-electron chi connectivity index (χ2n) is 7.14. The molecule has 3 aromatic heterocycles. The Labute approximate surface area is 151 Å². The summed E-state index contributed by atoms with van der Waals surface area (Å²) in [6, 6.07) is 1.82. The van der Waals surface area contributed by atoms with Gasteiger partial charge in [-0.2, -0.15) is 4.31 Å². The molecule has 1 saturated carbocycles. The van der Waals surface area contributed by atoms with Crippen LogP contribution in [0.15, 0.2) is 18.5 Å². The minimum absolute atomic E-state index is 0.121. The van der Waals surface area contributed by atoms with Crippen LogP contribution in [0.3, 0.4) is 0 Å². The Morgan fingerprint density at radius 1 is 1.31 bits per heavy atom. The third kappa shape index (κ3) is 2.51. The van der Waals surface area contributed by atoms with Crippen molar-refractivity contribution in [1.82, 2.24) is 33.8 Å². The molecule has 4 heterocycles. The molecule has 1 saturated heterocycles. The predicted molar refractivity (Wildman–Crippen MR) is 95.8 cm³/mol. The molecule has 0 bridgehead atoms. The third-order valence-electron chi connectivity index (χ3n) is 5.36. The van der Waals surface area contributed by atoms with Crippen LogP contribution in [0.25, 0.3) is 16.8 Å². The molecule has 138 valence electrons. The molecule has 3 aromatic rings. The van der Waals surface area contributed by atoms with Crippen LogP contribution < -0.4 is 0 Å². The van der Waals surface area contributed by atoms with Crippen molar-refractivity contribution in [2.45, 2.75) is 25.8 Å². The van der Waals surface area contributed by atoms with Crippen LogP contribution in [0, 0.1) is 5.92 Å². The average molecular weight is 375 g/mol. The monoisotopic (exact) mass is 375 g/mol. The van der Waals surface area contributed by atoms with E-state index < -0.39 is 10.0 Å². The number of rotatable bonds is 5. The average Bonchev–Trinajstić information content (AvgIpc) is 3.07. The fraction of sp³-hybridized carbons (Fsp3) is 0.562. The van der Waals surface area contributed by atoms with Gasteiger partial charge in [0.25, 0.3) is 0 Å². The Hall–Kier alpha value is -2.04. The van der Waals surface area contributed by atoms with Crippen molar-refractivity contribution < 1.29 is 8.42 Å². The first-order valence-corrected chi connectivity index (χ1v) is 10.6. The molecule has 5 rings (SSSR count). The van der Waals surface area contributed by atoms with E-state index in [2.05, 4.69) is 25.1 Å². The summed E-state index contributed by atoms with van der Waals surface area (Å²) in [7, 11) is -3.23. The molecule has 0 radical (unpaired) electrons. The number of aromatic nitrogens is 5. The number of nitrogens with zero attached hydrogens (tertiary/aromatic N) is 6. The first kappa shape index (κ1) is 16.2. The van der Waals surface area contributed by atoms with Crippen LogP contribution in [0.1, 0.15) is 31.6 Å². The fourth-order valence-corrected chi connectivity index (χ4v) is 5.57. The summed E-state index contributed by atoms with van der Waals surface area (Å²) in [4.78, 5) is 9.58. The van der Waals surface area contributed by atoms with Crippen LogP contribution in [0.5, 0.6) is 0 Å². The maximum atomic E-state index is 12.7. The van der Waals surface area contributed by atoms with Crippen LogP contribution in [-0.4, -0.2) is 67.7 Å². The third-order valence-corrected chi connectivity index (χ3v) is 7.31. The van der Waals surface area contributed by atoms with Crippen molar-refractivity contribution in [3.63, 3.8) is 0 Å². The van der Waals surface area contributed by atoms with Gasteiger partial charge in [0.05, 0.1) is 30.2 Å². The van der Waals surface area contributed by atoms with Crippen LogP contribution in [-0.2, 0) is 10.0 Å². The van der Waals surface area contributed by atoms with Crippen molar-refractivity contribution in [2.75, 3.05) is 25.5 Å². The SMILES string of the molecule is CCN1CN(S(=O)(=O)CC2CC2)C[C@@H]1c1nnc2cnc3[nH]ccc3n12. The van der Waals surface area contributed by atoms with E-state index in [1.807, 2.05) is 23.6 Å². The van der Waals surface area contributed by atoms with Gasteiger partial charge in [-0.05, 0) is 31.4 Å². The lowest BCUT2D eigenvalue weighted by atomic mass is 10.2. The highest BCUT2D eigenvalue weighted by Gasteiger charge is 2.41. The highest BCUT2D eigenvalue weighted by molar-refractivity contribution is 7.89. The van der Waals surface area contributed by atoms with Crippen molar-refractivity contribution in [3.8, 4) is 0 Å². The quantitative estimate of drug-likeness (QED) is 0.714. The molecule has 1 N–H and O–H groups in total. The number of nitrogens with one attached hydrogen (secondary N) is 1. The lowest BCUT2D eigenvalue weighted by Crippen LogP contribution is -2.33. The molecule has 0 aromatic carbocycles.